The molecule has 0 aliphatic heterocycles. The van der Waals surface area contributed by atoms with Crippen LogP contribution in [0.15, 0.2) is 23.2 Å². The average Bonchev–Trinajstić information content (AvgIpc) is 2.26. The SMILES string of the molecule is [2H]/C=C(\Cl)C(=O)[O-].[2H]OC(=O)C(Cl)=C([2H])[2H].[Na+]. The van der Waals surface area contributed by atoms with Crippen LogP contribution in [0.25, 0.3) is 1.43 Å². The van der Waals surface area contributed by atoms with Gasteiger partial charge < -0.3 is 15.0 Å². The van der Waals surface area contributed by atoms with Crippen LogP contribution in [0.5, 0.6) is 0 Å². The number of carbonyl (C=O) groups is 2. The molecule has 0 fully saturated rings. The number of rotatable bonds is 2. The van der Waals surface area contributed by atoms with Gasteiger partial charge in [0.15, 0.2) is 0 Å². The molecule has 0 aliphatic rings. The molecule has 0 saturated heterocycles. The van der Waals surface area contributed by atoms with Crippen LogP contribution >= 0.6 is 23.2 Å². The second kappa shape index (κ2) is 10.1. The van der Waals surface area contributed by atoms with E-state index in [0.29, 0.717) is 6.55 Å². The zero-order chi connectivity index (χ0) is 13.3. The molecule has 68 valence electrons. The Morgan fingerprint density at radius 3 is 2.08 bits per heavy atom. The molecule has 0 heterocycles. The first-order valence-electron chi connectivity index (χ1n) is 4.22. The summed E-state index contributed by atoms with van der Waals surface area (Å²) in [6, 6.07) is 0. The zero-order valence-electron chi connectivity index (χ0n) is 10.5. The van der Waals surface area contributed by atoms with Crippen molar-refractivity contribution in [3.63, 3.8) is 0 Å². The Bertz CT molecular complexity index is 330. The Kier molecular flexibility index (Phi) is 7.41. The maximum absolute atomic E-state index is 10.1. The fraction of sp³-hybridized carbons (Fsp3) is 0. The first-order chi connectivity index (χ1) is 7.27. The normalized spacial score (nSPS) is 12.3. The summed E-state index contributed by atoms with van der Waals surface area (Å²) in [5, 5.41) is 11.6. The van der Waals surface area contributed by atoms with Gasteiger partial charge in [-0.2, -0.15) is 0 Å². The molecule has 0 spiro atoms. The van der Waals surface area contributed by atoms with Crippen LogP contribution < -0.4 is 34.7 Å². The molecule has 0 saturated carbocycles. The standard InChI is InChI=1S/2C3H3ClO2.Na/c2*1-2(4)3(5)6;/h2*1H2,(H,5,6);/q;;+1/p-1/i1D2;1D;/hD/b;2-1-;. The number of carboxylic acids is 2. The Labute approximate surface area is 113 Å². The summed E-state index contributed by atoms with van der Waals surface area (Å²) in [5.74, 6) is -2.70. The molecular weight excluding hydrogens is 230 g/mol. The summed E-state index contributed by atoms with van der Waals surface area (Å²) in [6.07, 6.45) is 0. The van der Waals surface area contributed by atoms with Crippen LogP contribution in [0.3, 0.4) is 0 Å². The Morgan fingerprint density at radius 1 is 1.46 bits per heavy atom. The van der Waals surface area contributed by atoms with E-state index in [9.17, 15) is 14.7 Å². The van der Waals surface area contributed by atoms with Gasteiger partial charge in [-0.15, -0.1) is 0 Å². The van der Waals surface area contributed by atoms with Crippen LogP contribution in [-0.4, -0.2) is 17.0 Å². The van der Waals surface area contributed by atoms with E-state index in [1.807, 2.05) is 0 Å². The van der Waals surface area contributed by atoms with Gasteiger partial charge in [-0.05, 0) is 0 Å². The molecule has 0 rings (SSSR count). The molecule has 0 radical (unpaired) electrons. The summed E-state index contributed by atoms with van der Waals surface area (Å²) in [5.41, 5.74) is 0. The predicted molar refractivity (Wildman–Crippen MR) is 42.6 cm³/mol. The van der Waals surface area contributed by atoms with Crippen molar-refractivity contribution in [2.24, 2.45) is 0 Å². The monoisotopic (exact) mass is 238 g/mol. The summed E-state index contributed by atoms with van der Waals surface area (Å²) in [6.45, 7) is -0.342. The van der Waals surface area contributed by atoms with Crippen molar-refractivity contribution in [2.75, 3.05) is 0 Å². The van der Waals surface area contributed by atoms with Crippen LogP contribution in [-0.2, 0) is 9.59 Å². The quantitative estimate of drug-likeness (QED) is 0.420. The van der Waals surface area contributed by atoms with Crippen LogP contribution in [0, 0.1) is 0 Å². The first-order valence-corrected chi connectivity index (χ1v) is 2.99. The summed E-state index contributed by atoms with van der Waals surface area (Å²) >= 11 is 9.79. The van der Waals surface area contributed by atoms with Gasteiger partial charge in [0.25, 0.3) is 1.43 Å². The third-order valence-corrected chi connectivity index (χ3v) is 0.683. The average molecular weight is 239 g/mol. The molecule has 0 aromatic carbocycles. The third-order valence-electron chi connectivity index (χ3n) is 0.374. The van der Waals surface area contributed by atoms with E-state index < -0.39 is 28.5 Å². The maximum Gasteiger partial charge on any atom is 1.00 e. The van der Waals surface area contributed by atoms with Crippen LogP contribution in [0.2, 0.25) is 0 Å². The summed E-state index contributed by atoms with van der Waals surface area (Å²) in [7, 11) is 0. The van der Waals surface area contributed by atoms with Gasteiger partial charge in [-0.3, -0.25) is 0 Å². The first kappa shape index (κ1) is 9.55. The van der Waals surface area contributed by atoms with Crippen molar-refractivity contribution < 1.29 is 53.5 Å². The number of hydrogen-bond donors (Lipinski definition) is 1. The minimum atomic E-state index is -1.52. The Balaban J connectivity index is -0.000000224. The van der Waals surface area contributed by atoms with E-state index in [0.717, 1.165) is 0 Å². The van der Waals surface area contributed by atoms with Crippen LogP contribution in [0.1, 0.15) is 4.11 Å². The minimum Gasteiger partial charge on any atom is -0.544 e. The van der Waals surface area contributed by atoms with Gasteiger partial charge in [-0.25, -0.2) is 4.79 Å². The molecule has 0 unspecified atom stereocenters. The van der Waals surface area contributed by atoms with E-state index >= 15 is 0 Å². The topological polar surface area (TPSA) is 77.4 Å². The molecule has 0 amide bonds. The number of carbonyl (C=O) groups excluding carboxylic acids is 1. The Morgan fingerprint density at radius 2 is 2.00 bits per heavy atom. The van der Waals surface area contributed by atoms with Crippen molar-refractivity contribution >= 4 is 35.1 Å². The number of halogens is 2. The van der Waals surface area contributed by atoms with Crippen molar-refractivity contribution in [1.82, 2.24) is 0 Å². The molecule has 0 aliphatic carbocycles. The second-order valence-corrected chi connectivity index (χ2v) is 2.02. The molecule has 0 atom stereocenters. The number of carboxylic acid groups (broad SMARTS) is 2. The molecule has 4 nitrogen and oxygen atoms in total. The van der Waals surface area contributed by atoms with E-state index in [-0.39, 0.29) is 29.6 Å². The van der Waals surface area contributed by atoms with E-state index in [2.05, 4.69) is 5.11 Å². The van der Waals surface area contributed by atoms with Gasteiger partial charge in [0.1, 0.15) is 5.03 Å². The van der Waals surface area contributed by atoms with Gasteiger partial charge >= 0.3 is 35.5 Å². The molecule has 1 N–H and O–H groups in total. The minimum absolute atomic E-state index is 0. The van der Waals surface area contributed by atoms with Crippen molar-refractivity contribution in [1.29, 1.82) is 1.43 Å². The predicted octanol–water partition coefficient (Wildman–Crippen LogP) is -2.68. The number of aliphatic carboxylic acids is 2. The van der Waals surface area contributed by atoms with Crippen molar-refractivity contribution in [2.45, 2.75) is 0 Å². The molecule has 0 bridgehead atoms. The van der Waals surface area contributed by atoms with Crippen molar-refractivity contribution in [3.05, 3.63) is 23.2 Å². The second-order valence-electron chi connectivity index (χ2n) is 1.24. The van der Waals surface area contributed by atoms with E-state index in [4.69, 9.17) is 28.7 Å². The fourth-order valence-corrected chi connectivity index (χ4v) is 0. The Hall–Kier alpha value is 0. The molecule has 0 aromatic heterocycles. The largest absolute Gasteiger partial charge is 1.00 e. The zero-order valence-corrected chi connectivity index (χ0v) is 9.98. The van der Waals surface area contributed by atoms with Gasteiger partial charge in [0.05, 0.1) is 15.1 Å². The van der Waals surface area contributed by atoms with Crippen molar-refractivity contribution in [3.8, 4) is 0 Å². The molecule has 7 heteroatoms. The third kappa shape index (κ3) is 18.8. The molecule has 0 aromatic rings. The van der Waals surface area contributed by atoms with E-state index in [1.54, 1.807) is 0 Å². The van der Waals surface area contributed by atoms with E-state index in [1.165, 1.54) is 0 Å². The molecule has 13 heavy (non-hydrogen) atoms. The fourth-order valence-electron chi connectivity index (χ4n) is 0. The summed E-state index contributed by atoms with van der Waals surface area (Å²) in [4.78, 5) is 19.6. The smallest absolute Gasteiger partial charge is 0.544 e. The van der Waals surface area contributed by atoms with Crippen LogP contribution in [0.4, 0.5) is 0 Å². The van der Waals surface area contributed by atoms with Gasteiger partial charge in [0, 0.05) is 0 Å². The maximum atomic E-state index is 10.1. The molecular formula is C6H5Cl2NaO4. The number of hydrogen-bond acceptors (Lipinski definition) is 4. The van der Waals surface area contributed by atoms with Gasteiger partial charge in [0.2, 0.25) is 0 Å². The van der Waals surface area contributed by atoms with Gasteiger partial charge in [-0.1, -0.05) is 36.3 Å². The summed E-state index contributed by atoms with van der Waals surface area (Å²) < 4.78 is 25.1.